The summed E-state index contributed by atoms with van der Waals surface area (Å²) in [5, 5.41) is 6.63. The number of carbonyl (C=O) groups is 3. The van der Waals surface area contributed by atoms with Crippen LogP contribution in [0.1, 0.15) is 31.8 Å². The summed E-state index contributed by atoms with van der Waals surface area (Å²) in [5.74, 6) is -0.928. The van der Waals surface area contributed by atoms with E-state index in [-0.39, 0.29) is 17.9 Å². The SMILES string of the molecule is COc1cc(/C=N/NC(=O)CNC(=O)c2ccccc2Cl)ccc1OC(=O)c1ccc(C)cc1. The number of esters is 1. The van der Waals surface area contributed by atoms with Crippen LogP contribution in [0.2, 0.25) is 5.02 Å². The highest BCUT2D eigenvalue weighted by molar-refractivity contribution is 6.33. The summed E-state index contributed by atoms with van der Waals surface area (Å²) in [4.78, 5) is 36.4. The normalized spacial score (nSPS) is 10.6. The van der Waals surface area contributed by atoms with Gasteiger partial charge in [-0.15, -0.1) is 0 Å². The van der Waals surface area contributed by atoms with E-state index in [0.717, 1.165) is 5.56 Å². The zero-order chi connectivity index (χ0) is 24.5. The van der Waals surface area contributed by atoms with E-state index in [4.69, 9.17) is 21.1 Å². The monoisotopic (exact) mass is 479 g/mol. The lowest BCUT2D eigenvalue weighted by atomic mass is 10.1. The minimum absolute atomic E-state index is 0.247. The van der Waals surface area contributed by atoms with E-state index in [9.17, 15) is 14.4 Å². The first-order chi connectivity index (χ1) is 16.4. The number of methoxy groups -OCH3 is 1. The van der Waals surface area contributed by atoms with Gasteiger partial charge in [-0.05, 0) is 55.0 Å². The van der Waals surface area contributed by atoms with Crippen molar-refractivity contribution in [1.29, 1.82) is 0 Å². The largest absolute Gasteiger partial charge is 0.493 e. The number of benzene rings is 3. The molecule has 2 amide bonds. The van der Waals surface area contributed by atoms with Gasteiger partial charge in [0, 0.05) is 0 Å². The Morgan fingerprint density at radius 2 is 1.74 bits per heavy atom. The molecule has 0 unspecified atom stereocenters. The molecule has 9 heteroatoms. The third-order valence-corrected chi connectivity index (χ3v) is 4.94. The van der Waals surface area contributed by atoms with Crippen LogP contribution in [0.3, 0.4) is 0 Å². The van der Waals surface area contributed by atoms with Crippen LogP contribution in [0.25, 0.3) is 0 Å². The van der Waals surface area contributed by atoms with Gasteiger partial charge in [-0.2, -0.15) is 5.10 Å². The molecule has 0 radical (unpaired) electrons. The minimum atomic E-state index is -0.521. The van der Waals surface area contributed by atoms with Crippen LogP contribution in [0.4, 0.5) is 0 Å². The van der Waals surface area contributed by atoms with Crippen LogP contribution >= 0.6 is 11.6 Å². The first-order valence-corrected chi connectivity index (χ1v) is 10.6. The van der Waals surface area contributed by atoms with Gasteiger partial charge in [0.1, 0.15) is 0 Å². The highest BCUT2D eigenvalue weighted by atomic mass is 35.5. The molecular weight excluding hydrogens is 458 g/mol. The van der Waals surface area contributed by atoms with E-state index in [1.165, 1.54) is 13.3 Å². The molecule has 0 saturated heterocycles. The number of hydrogen-bond acceptors (Lipinski definition) is 6. The van der Waals surface area contributed by atoms with Gasteiger partial charge in [-0.25, -0.2) is 10.2 Å². The predicted molar refractivity (Wildman–Crippen MR) is 129 cm³/mol. The maximum atomic E-state index is 12.4. The third kappa shape index (κ3) is 6.66. The Morgan fingerprint density at radius 3 is 2.44 bits per heavy atom. The molecule has 34 heavy (non-hydrogen) atoms. The molecule has 3 aromatic rings. The molecular formula is C25H22ClN3O5. The number of hydrazone groups is 1. The fourth-order valence-electron chi connectivity index (χ4n) is 2.82. The van der Waals surface area contributed by atoms with E-state index in [0.29, 0.717) is 21.9 Å². The number of nitrogens with one attached hydrogen (secondary N) is 2. The van der Waals surface area contributed by atoms with Gasteiger partial charge in [0.2, 0.25) is 0 Å². The molecule has 0 aliphatic rings. The Balaban J connectivity index is 1.54. The van der Waals surface area contributed by atoms with Crippen LogP contribution < -0.4 is 20.2 Å². The van der Waals surface area contributed by atoms with Gasteiger partial charge in [0.15, 0.2) is 11.5 Å². The summed E-state index contributed by atoms with van der Waals surface area (Å²) in [6.45, 7) is 1.65. The standard InChI is InChI=1S/C25H22ClN3O5/c1-16-7-10-18(11-8-16)25(32)34-21-12-9-17(13-22(21)33-2)14-28-29-23(30)15-27-24(31)19-5-3-4-6-20(19)26/h3-14H,15H2,1-2H3,(H,27,31)(H,29,30)/b28-14+. The molecule has 3 rings (SSSR count). The minimum Gasteiger partial charge on any atom is -0.493 e. The average molecular weight is 480 g/mol. The van der Waals surface area contributed by atoms with Crippen molar-refractivity contribution in [1.82, 2.24) is 10.7 Å². The lowest BCUT2D eigenvalue weighted by Crippen LogP contribution is -2.35. The molecule has 0 heterocycles. The number of ether oxygens (including phenoxy) is 2. The summed E-state index contributed by atoms with van der Waals surface area (Å²) in [5.41, 5.74) is 4.64. The summed E-state index contributed by atoms with van der Waals surface area (Å²) < 4.78 is 10.7. The van der Waals surface area contributed by atoms with E-state index < -0.39 is 17.8 Å². The average Bonchev–Trinajstić information content (AvgIpc) is 2.84. The van der Waals surface area contributed by atoms with Crippen molar-refractivity contribution in [3.8, 4) is 11.5 Å². The Kier molecular flexibility index (Phi) is 8.37. The number of halogens is 1. The van der Waals surface area contributed by atoms with Gasteiger partial charge < -0.3 is 14.8 Å². The van der Waals surface area contributed by atoms with Crippen LogP contribution in [-0.2, 0) is 4.79 Å². The quantitative estimate of drug-likeness (QED) is 0.221. The second kappa shape index (κ2) is 11.6. The van der Waals surface area contributed by atoms with Crippen molar-refractivity contribution >= 4 is 35.6 Å². The molecule has 0 aromatic heterocycles. The van der Waals surface area contributed by atoms with Gasteiger partial charge in [0.25, 0.3) is 11.8 Å². The third-order valence-electron chi connectivity index (χ3n) is 4.61. The zero-order valence-electron chi connectivity index (χ0n) is 18.5. The molecule has 0 fully saturated rings. The summed E-state index contributed by atoms with van der Waals surface area (Å²) in [6, 6.07) is 18.4. The summed E-state index contributed by atoms with van der Waals surface area (Å²) in [6.07, 6.45) is 1.39. The maximum absolute atomic E-state index is 12.4. The summed E-state index contributed by atoms with van der Waals surface area (Å²) >= 11 is 5.96. The zero-order valence-corrected chi connectivity index (χ0v) is 19.3. The van der Waals surface area contributed by atoms with Crippen molar-refractivity contribution in [2.24, 2.45) is 5.10 Å². The summed E-state index contributed by atoms with van der Waals surface area (Å²) in [7, 11) is 1.45. The molecule has 2 N–H and O–H groups in total. The second-order valence-corrected chi connectivity index (χ2v) is 7.53. The molecule has 0 aliphatic carbocycles. The van der Waals surface area contributed by atoms with Crippen molar-refractivity contribution in [3.05, 3.63) is 94.0 Å². The van der Waals surface area contributed by atoms with Crippen LogP contribution in [-0.4, -0.2) is 37.7 Å². The number of carbonyl (C=O) groups excluding carboxylic acids is 3. The van der Waals surface area contributed by atoms with Gasteiger partial charge in [-0.3, -0.25) is 9.59 Å². The Morgan fingerprint density at radius 1 is 1.00 bits per heavy atom. The van der Waals surface area contributed by atoms with E-state index >= 15 is 0 Å². The Hall–Kier alpha value is -4.17. The van der Waals surface area contributed by atoms with E-state index in [1.54, 1.807) is 54.6 Å². The lowest BCUT2D eigenvalue weighted by Gasteiger charge is -2.10. The molecule has 0 atom stereocenters. The van der Waals surface area contributed by atoms with Crippen molar-refractivity contribution in [3.63, 3.8) is 0 Å². The highest BCUT2D eigenvalue weighted by Crippen LogP contribution is 2.28. The molecule has 0 spiro atoms. The first kappa shape index (κ1) is 24.5. The second-order valence-electron chi connectivity index (χ2n) is 7.12. The Labute approximate surface area is 201 Å². The smallest absolute Gasteiger partial charge is 0.343 e. The molecule has 0 aliphatic heterocycles. The van der Waals surface area contributed by atoms with Gasteiger partial charge >= 0.3 is 5.97 Å². The topological polar surface area (TPSA) is 106 Å². The number of amides is 2. The molecule has 0 bridgehead atoms. The van der Waals surface area contributed by atoms with Crippen molar-refractivity contribution < 1.29 is 23.9 Å². The fourth-order valence-corrected chi connectivity index (χ4v) is 3.04. The predicted octanol–water partition coefficient (Wildman–Crippen LogP) is 3.76. The van der Waals surface area contributed by atoms with Crippen LogP contribution in [0, 0.1) is 6.92 Å². The maximum Gasteiger partial charge on any atom is 0.343 e. The van der Waals surface area contributed by atoms with Crippen molar-refractivity contribution in [2.75, 3.05) is 13.7 Å². The van der Waals surface area contributed by atoms with Crippen molar-refractivity contribution in [2.45, 2.75) is 6.92 Å². The number of aryl methyl sites for hydroxylation is 1. The number of nitrogens with zero attached hydrogens (tertiary/aromatic N) is 1. The van der Waals surface area contributed by atoms with Crippen LogP contribution in [0.15, 0.2) is 71.8 Å². The molecule has 8 nitrogen and oxygen atoms in total. The molecule has 174 valence electrons. The van der Waals surface area contributed by atoms with Gasteiger partial charge in [-0.1, -0.05) is 41.4 Å². The number of hydrogen-bond donors (Lipinski definition) is 2. The first-order valence-electron chi connectivity index (χ1n) is 10.2. The van der Waals surface area contributed by atoms with Crippen LogP contribution in [0.5, 0.6) is 11.5 Å². The Bertz CT molecular complexity index is 1230. The molecule has 3 aromatic carbocycles. The highest BCUT2D eigenvalue weighted by Gasteiger charge is 2.13. The molecule has 0 saturated carbocycles. The van der Waals surface area contributed by atoms with E-state index in [2.05, 4.69) is 15.8 Å². The lowest BCUT2D eigenvalue weighted by molar-refractivity contribution is -0.120. The van der Waals surface area contributed by atoms with E-state index in [1.807, 2.05) is 19.1 Å². The fraction of sp³-hybridized carbons (Fsp3) is 0.120. The van der Waals surface area contributed by atoms with Gasteiger partial charge in [0.05, 0.1) is 36.0 Å². The number of rotatable bonds is 8.